The highest BCUT2D eigenvalue weighted by atomic mass is 16.1. The number of hydrogen-bond acceptors (Lipinski definition) is 2. The molecule has 20 heavy (non-hydrogen) atoms. The van der Waals surface area contributed by atoms with Gasteiger partial charge in [-0.2, -0.15) is 0 Å². The van der Waals surface area contributed by atoms with E-state index in [9.17, 15) is 4.79 Å². The molecule has 0 amide bonds. The van der Waals surface area contributed by atoms with Crippen molar-refractivity contribution in [3.05, 3.63) is 64.7 Å². The number of rotatable bonds is 2. The normalized spacial score (nSPS) is 11.2. The van der Waals surface area contributed by atoms with E-state index in [0.29, 0.717) is 0 Å². The van der Waals surface area contributed by atoms with Crippen LogP contribution in [0.1, 0.15) is 25.3 Å². The molecule has 1 aromatic heterocycles. The van der Waals surface area contributed by atoms with Crippen molar-refractivity contribution in [2.75, 3.05) is 0 Å². The van der Waals surface area contributed by atoms with Crippen LogP contribution in [0.4, 0.5) is 0 Å². The van der Waals surface area contributed by atoms with Crippen molar-refractivity contribution in [1.82, 2.24) is 9.97 Å². The molecule has 0 fully saturated rings. The maximum absolute atomic E-state index is 12.1. The molecule has 0 radical (unpaired) electrons. The molecule has 100 valence electrons. The average Bonchev–Trinajstić information content (AvgIpc) is 2.46. The minimum atomic E-state index is -0.0575. The van der Waals surface area contributed by atoms with E-state index >= 15 is 0 Å². The second kappa shape index (κ2) is 4.93. The van der Waals surface area contributed by atoms with Gasteiger partial charge in [0.2, 0.25) is 0 Å². The Morgan fingerprint density at radius 2 is 1.80 bits per heavy atom. The molecule has 0 unspecified atom stereocenters. The Morgan fingerprint density at radius 3 is 2.60 bits per heavy atom. The Kier molecular flexibility index (Phi) is 3.11. The van der Waals surface area contributed by atoms with Gasteiger partial charge in [0.05, 0.1) is 12.0 Å². The van der Waals surface area contributed by atoms with Crippen LogP contribution in [-0.2, 0) is 0 Å². The third-order valence-corrected chi connectivity index (χ3v) is 3.51. The number of H-pyrrole nitrogens is 1. The van der Waals surface area contributed by atoms with E-state index in [1.165, 1.54) is 6.33 Å². The zero-order chi connectivity index (χ0) is 14.1. The first kappa shape index (κ1) is 12.6. The zero-order valence-electron chi connectivity index (χ0n) is 11.6. The third-order valence-electron chi connectivity index (χ3n) is 3.51. The summed E-state index contributed by atoms with van der Waals surface area (Å²) >= 11 is 0. The van der Waals surface area contributed by atoms with Crippen molar-refractivity contribution in [2.45, 2.75) is 19.8 Å². The maximum atomic E-state index is 12.1. The van der Waals surface area contributed by atoms with E-state index in [1.807, 2.05) is 38.1 Å². The Hall–Kier alpha value is -2.42. The number of aromatic nitrogens is 2. The van der Waals surface area contributed by atoms with Gasteiger partial charge in [0.15, 0.2) is 0 Å². The van der Waals surface area contributed by atoms with Crippen LogP contribution in [0.15, 0.2) is 53.6 Å². The third kappa shape index (κ3) is 2.01. The lowest BCUT2D eigenvalue weighted by Gasteiger charge is -2.12. The van der Waals surface area contributed by atoms with Gasteiger partial charge in [-0.3, -0.25) is 4.79 Å². The highest BCUT2D eigenvalue weighted by molar-refractivity contribution is 5.96. The van der Waals surface area contributed by atoms with E-state index in [0.717, 1.165) is 27.6 Å². The van der Waals surface area contributed by atoms with Crippen molar-refractivity contribution >= 4 is 10.8 Å². The highest BCUT2D eigenvalue weighted by Gasteiger charge is 2.15. The lowest BCUT2D eigenvalue weighted by atomic mass is 9.95. The van der Waals surface area contributed by atoms with Crippen LogP contribution in [0.25, 0.3) is 22.0 Å². The summed E-state index contributed by atoms with van der Waals surface area (Å²) in [5.41, 5.74) is 2.47. The molecule has 1 N–H and O–H groups in total. The number of hydrogen-bond donors (Lipinski definition) is 1. The lowest BCUT2D eigenvalue weighted by molar-refractivity contribution is 0.834. The molecule has 1 heterocycles. The summed E-state index contributed by atoms with van der Waals surface area (Å²) in [7, 11) is 0. The minimum Gasteiger partial charge on any atom is -0.313 e. The monoisotopic (exact) mass is 264 g/mol. The summed E-state index contributed by atoms with van der Waals surface area (Å²) in [6.07, 6.45) is 1.48. The smallest absolute Gasteiger partial charge is 0.254 e. The molecule has 0 aliphatic carbocycles. The predicted molar refractivity (Wildman–Crippen MR) is 81.9 cm³/mol. The van der Waals surface area contributed by atoms with Crippen molar-refractivity contribution in [1.29, 1.82) is 0 Å². The van der Waals surface area contributed by atoms with Crippen LogP contribution in [0, 0.1) is 0 Å². The summed E-state index contributed by atoms with van der Waals surface area (Å²) in [4.78, 5) is 19.2. The molecule has 3 nitrogen and oxygen atoms in total. The first-order chi connectivity index (χ1) is 9.68. The number of benzene rings is 2. The Balaban J connectivity index is 2.38. The Labute approximate surface area is 117 Å². The minimum absolute atomic E-state index is 0.0575. The van der Waals surface area contributed by atoms with E-state index in [2.05, 4.69) is 28.2 Å². The SMILES string of the molecule is CC(C)c1c(-c2cccc3ccccc23)nc[nH]c1=O. The summed E-state index contributed by atoms with van der Waals surface area (Å²) in [6, 6.07) is 14.3. The van der Waals surface area contributed by atoms with Crippen molar-refractivity contribution < 1.29 is 0 Å². The number of fused-ring (bicyclic) bond motifs is 1. The van der Waals surface area contributed by atoms with Gasteiger partial charge in [0, 0.05) is 11.1 Å². The van der Waals surface area contributed by atoms with Crippen LogP contribution in [0.2, 0.25) is 0 Å². The standard InChI is InChI=1S/C17H16N2O/c1-11(2)15-16(18-10-19-17(15)20)14-9-5-7-12-6-3-4-8-13(12)14/h3-11H,1-2H3,(H,18,19,20). The van der Waals surface area contributed by atoms with E-state index in [1.54, 1.807) is 0 Å². The van der Waals surface area contributed by atoms with Crippen LogP contribution < -0.4 is 5.56 Å². The number of aromatic amines is 1. The molecule has 0 aliphatic heterocycles. The van der Waals surface area contributed by atoms with Gasteiger partial charge in [0.1, 0.15) is 0 Å². The number of nitrogens with zero attached hydrogens (tertiary/aromatic N) is 1. The quantitative estimate of drug-likeness (QED) is 0.766. The Morgan fingerprint density at radius 1 is 1.05 bits per heavy atom. The maximum Gasteiger partial charge on any atom is 0.254 e. The molecule has 0 saturated carbocycles. The van der Waals surface area contributed by atoms with Crippen LogP contribution in [0.3, 0.4) is 0 Å². The molecule has 3 rings (SSSR count). The second-order valence-electron chi connectivity index (χ2n) is 5.18. The van der Waals surface area contributed by atoms with E-state index in [4.69, 9.17) is 0 Å². The van der Waals surface area contributed by atoms with Crippen molar-refractivity contribution in [2.24, 2.45) is 0 Å². The molecule has 3 heteroatoms. The summed E-state index contributed by atoms with van der Waals surface area (Å²) < 4.78 is 0. The average molecular weight is 264 g/mol. The fraction of sp³-hybridized carbons (Fsp3) is 0.176. The van der Waals surface area contributed by atoms with Crippen LogP contribution >= 0.6 is 0 Å². The molecule has 0 aliphatic rings. The van der Waals surface area contributed by atoms with Gasteiger partial charge in [-0.15, -0.1) is 0 Å². The topological polar surface area (TPSA) is 45.8 Å². The summed E-state index contributed by atoms with van der Waals surface area (Å²) in [5.74, 6) is 0.126. The van der Waals surface area contributed by atoms with Gasteiger partial charge < -0.3 is 4.98 Å². The molecule has 0 spiro atoms. The molecule has 3 aromatic rings. The van der Waals surface area contributed by atoms with E-state index in [-0.39, 0.29) is 11.5 Å². The fourth-order valence-corrected chi connectivity index (χ4v) is 2.59. The van der Waals surface area contributed by atoms with Gasteiger partial charge in [-0.1, -0.05) is 56.3 Å². The van der Waals surface area contributed by atoms with Crippen LogP contribution in [-0.4, -0.2) is 9.97 Å². The molecule has 0 atom stereocenters. The zero-order valence-corrected chi connectivity index (χ0v) is 11.6. The van der Waals surface area contributed by atoms with Crippen molar-refractivity contribution in [3.63, 3.8) is 0 Å². The van der Waals surface area contributed by atoms with E-state index < -0.39 is 0 Å². The molecule has 0 saturated heterocycles. The first-order valence-corrected chi connectivity index (χ1v) is 6.74. The molecule has 2 aromatic carbocycles. The lowest BCUT2D eigenvalue weighted by Crippen LogP contribution is -2.16. The highest BCUT2D eigenvalue weighted by Crippen LogP contribution is 2.30. The van der Waals surface area contributed by atoms with Crippen molar-refractivity contribution in [3.8, 4) is 11.3 Å². The number of nitrogens with one attached hydrogen (secondary N) is 1. The van der Waals surface area contributed by atoms with Crippen LogP contribution in [0.5, 0.6) is 0 Å². The summed E-state index contributed by atoms with van der Waals surface area (Å²) in [5, 5.41) is 2.27. The van der Waals surface area contributed by atoms with Gasteiger partial charge >= 0.3 is 0 Å². The molecular weight excluding hydrogens is 248 g/mol. The Bertz CT molecular complexity index is 813. The first-order valence-electron chi connectivity index (χ1n) is 6.74. The molecule has 0 bridgehead atoms. The largest absolute Gasteiger partial charge is 0.313 e. The van der Waals surface area contributed by atoms with Gasteiger partial charge in [-0.05, 0) is 16.7 Å². The van der Waals surface area contributed by atoms with Gasteiger partial charge in [0.25, 0.3) is 5.56 Å². The predicted octanol–water partition coefficient (Wildman–Crippen LogP) is 3.71. The summed E-state index contributed by atoms with van der Waals surface area (Å²) in [6.45, 7) is 4.03. The second-order valence-corrected chi connectivity index (χ2v) is 5.18. The fourth-order valence-electron chi connectivity index (χ4n) is 2.59. The van der Waals surface area contributed by atoms with Gasteiger partial charge in [-0.25, -0.2) is 4.98 Å². The molecular formula is C17H16N2O.